The van der Waals surface area contributed by atoms with Crippen LogP contribution < -0.4 is 14.8 Å². The number of rotatable bonds is 7. The molecule has 0 unspecified atom stereocenters. The predicted octanol–water partition coefficient (Wildman–Crippen LogP) is 2.85. The van der Waals surface area contributed by atoms with Gasteiger partial charge in [0.1, 0.15) is 5.75 Å². The average Bonchev–Trinajstić information content (AvgIpc) is 2.60. The third kappa shape index (κ3) is 4.65. The van der Waals surface area contributed by atoms with Crippen LogP contribution in [0, 0.1) is 17.0 Å². The maximum Gasteiger partial charge on any atom is 0.273 e. The first-order valence-electron chi connectivity index (χ1n) is 8.32. The van der Waals surface area contributed by atoms with Crippen molar-refractivity contribution in [1.29, 1.82) is 0 Å². The van der Waals surface area contributed by atoms with Crippen LogP contribution in [-0.4, -0.2) is 32.4 Å². The molecule has 2 N–H and O–H groups in total. The van der Waals surface area contributed by atoms with Gasteiger partial charge in [0.05, 0.1) is 22.6 Å². The highest BCUT2D eigenvalue weighted by atomic mass is 32.2. The Kier molecular flexibility index (Phi) is 6.37. The number of ether oxygens (including phenoxy) is 1. The smallest absolute Gasteiger partial charge is 0.273 e. The van der Waals surface area contributed by atoms with Crippen molar-refractivity contribution in [2.24, 2.45) is 0 Å². The molecule has 2 aromatic rings. The minimum Gasteiger partial charge on any atom is -0.495 e. The summed E-state index contributed by atoms with van der Waals surface area (Å²) in [7, 11) is -2.40. The molecule has 0 aliphatic rings. The lowest BCUT2D eigenvalue weighted by Crippen LogP contribution is -2.30. The van der Waals surface area contributed by atoms with Crippen LogP contribution in [0.5, 0.6) is 5.75 Å². The monoisotopic (exact) mass is 407 g/mol. The normalized spacial score (nSPS) is 11.3. The van der Waals surface area contributed by atoms with Gasteiger partial charge in [-0.3, -0.25) is 14.9 Å². The first kappa shape index (κ1) is 21.3. The summed E-state index contributed by atoms with van der Waals surface area (Å²) in [6.45, 7) is 4.85. The van der Waals surface area contributed by atoms with E-state index in [2.05, 4.69) is 10.0 Å². The molecule has 0 saturated heterocycles. The number of hydrogen-bond acceptors (Lipinski definition) is 6. The number of nitrogens with one attached hydrogen (secondary N) is 2. The summed E-state index contributed by atoms with van der Waals surface area (Å²) in [5.74, 6) is -0.370. The lowest BCUT2D eigenvalue weighted by atomic mass is 10.1. The van der Waals surface area contributed by atoms with E-state index in [-0.39, 0.29) is 39.2 Å². The minimum atomic E-state index is -3.78. The molecular formula is C18H21N3O6S. The Morgan fingerprint density at radius 3 is 2.46 bits per heavy atom. The highest BCUT2D eigenvalue weighted by Gasteiger charge is 2.21. The molecule has 0 aliphatic carbocycles. The molecule has 0 radical (unpaired) electrons. The average molecular weight is 407 g/mol. The first-order valence-corrected chi connectivity index (χ1v) is 9.81. The van der Waals surface area contributed by atoms with E-state index < -0.39 is 20.9 Å². The number of nitrogens with zero attached hydrogens (tertiary/aromatic N) is 1. The molecule has 0 spiro atoms. The Labute approximate surface area is 162 Å². The van der Waals surface area contributed by atoms with Crippen LogP contribution in [0.2, 0.25) is 0 Å². The maximum absolute atomic E-state index is 12.7. The highest BCUT2D eigenvalue weighted by molar-refractivity contribution is 7.89. The van der Waals surface area contributed by atoms with Crippen molar-refractivity contribution >= 4 is 27.3 Å². The summed E-state index contributed by atoms with van der Waals surface area (Å²) in [6.07, 6.45) is 0. The number of carbonyl (C=O) groups is 1. The zero-order valence-electron chi connectivity index (χ0n) is 15.8. The number of sulfonamides is 1. The maximum atomic E-state index is 12.7. The molecule has 0 saturated carbocycles. The molecule has 0 bridgehead atoms. The van der Waals surface area contributed by atoms with Gasteiger partial charge in [0.25, 0.3) is 11.6 Å². The summed E-state index contributed by atoms with van der Waals surface area (Å²) >= 11 is 0. The molecule has 0 atom stereocenters. The third-order valence-electron chi connectivity index (χ3n) is 3.87. The van der Waals surface area contributed by atoms with Crippen LogP contribution in [0.4, 0.5) is 11.4 Å². The molecule has 0 aliphatic heterocycles. The van der Waals surface area contributed by atoms with Crippen LogP contribution in [0.1, 0.15) is 29.8 Å². The SMILES string of the molecule is COc1ccc(S(=O)(=O)NC(C)C)cc1NC(=O)c1cccc([N+](=O)[O-])c1C. The molecule has 1 amide bonds. The number of amides is 1. The van der Waals surface area contributed by atoms with E-state index in [4.69, 9.17) is 4.74 Å². The van der Waals surface area contributed by atoms with Crippen LogP contribution in [0.15, 0.2) is 41.3 Å². The van der Waals surface area contributed by atoms with Gasteiger partial charge in [0.2, 0.25) is 10.0 Å². The number of anilines is 1. The molecular weight excluding hydrogens is 386 g/mol. The predicted molar refractivity (Wildman–Crippen MR) is 104 cm³/mol. The van der Waals surface area contributed by atoms with Gasteiger partial charge in [-0.25, -0.2) is 13.1 Å². The van der Waals surface area contributed by atoms with E-state index in [9.17, 15) is 23.3 Å². The largest absolute Gasteiger partial charge is 0.495 e. The molecule has 0 fully saturated rings. The number of hydrogen-bond donors (Lipinski definition) is 2. The zero-order valence-corrected chi connectivity index (χ0v) is 16.7. The first-order chi connectivity index (χ1) is 13.1. The van der Waals surface area contributed by atoms with Crippen LogP contribution in [0.25, 0.3) is 0 Å². The second-order valence-corrected chi connectivity index (χ2v) is 8.01. The summed E-state index contributed by atoms with van der Waals surface area (Å²) in [5.41, 5.74) is 0.251. The Morgan fingerprint density at radius 2 is 1.89 bits per heavy atom. The molecule has 9 nitrogen and oxygen atoms in total. The third-order valence-corrected chi connectivity index (χ3v) is 5.52. The Bertz CT molecular complexity index is 1020. The molecule has 2 rings (SSSR count). The van der Waals surface area contributed by atoms with Gasteiger partial charge >= 0.3 is 0 Å². The van der Waals surface area contributed by atoms with Crippen molar-refractivity contribution in [3.8, 4) is 5.75 Å². The van der Waals surface area contributed by atoms with Crippen molar-refractivity contribution in [2.75, 3.05) is 12.4 Å². The number of carbonyl (C=O) groups excluding carboxylic acids is 1. The van der Waals surface area contributed by atoms with E-state index in [0.717, 1.165) is 0 Å². The zero-order chi connectivity index (χ0) is 21.1. The molecule has 10 heteroatoms. The molecule has 2 aromatic carbocycles. The van der Waals surface area contributed by atoms with Crippen molar-refractivity contribution in [3.05, 3.63) is 57.6 Å². The van der Waals surface area contributed by atoms with E-state index in [1.54, 1.807) is 13.8 Å². The fourth-order valence-corrected chi connectivity index (χ4v) is 3.86. The van der Waals surface area contributed by atoms with Gasteiger partial charge in [-0.2, -0.15) is 0 Å². The fourth-order valence-electron chi connectivity index (χ4n) is 2.59. The van der Waals surface area contributed by atoms with Crippen molar-refractivity contribution in [1.82, 2.24) is 4.72 Å². The lowest BCUT2D eigenvalue weighted by molar-refractivity contribution is -0.385. The van der Waals surface area contributed by atoms with Crippen molar-refractivity contribution in [2.45, 2.75) is 31.7 Å². The quantitative estimate of drug-likeness (QED) is 0.537. The molecule has 0 heterocycles. The number of nitro groups is 1. The van der Waals surface area contributed by atoms with Crippen LogP contribution in [-0.2, 0) is 10.0 Å². The van der Waals surface area contributed by atoms with E-state index in [1.807, 2.05) is 0 Å². The number of methoxy groups -OCH3 is 1. The standard InChI is InChI=1S/C18H21N3O6S/c1-11(2)20-28(25,26)13-8-9-17(27-4)15(10-13)19-18(22)14-6-5-7-16(12(14)3)21(23)24/h5-11,20H,1-4H3,(H,19,22). The molecule has 28 heavy (non-hydrogen) atoms. The molecule has 150 valence electrons. The van der Waals surface area contributed by atoms with Gasteiger partial charge in [-0.1, -0.05) is 6.07 Å². The molecule has 0 aromatic heterocycles. The second-order valence-electron chi connectivity index (χ2n) is 6.30. The highest BCUT2D eigenvalue weighted by Crippen LogP contribution is 2.29. The van der Waals surface area contributed by atoms with Gasteiger partial charge in [0.15, 0.2) is 0 Å². The fraction of sp³-hybridized carbons (Fsp3) is 0.278. The summed E-state index contributed by atoms with van der Waals surface area (Å²) < 4.78 is 32.4. The number of nitro benzene ring substituents is 1. The lowest BCUT2D eigenvalue weighted by Gasteiger charge is -2.14. The Balaban J connectivity index is 2.43. The van der Waals surface area contributed by atoms with Gasteiger partial charge in [0, 0.05) is 23.2 Å². The van der Waals surface area contributed by atoms with Crippen molar-refractivity contribution in [3.63, 3.8) is 0 Å². The van der Waals surface area contributed by atoms with E-state index in [1.165, 1.54) is 50.4 Å². The Morgan fingerprint density at radius 1 is 1.21 bits per heavy atom. The second kappa shape index (κ2) is 8.36. The van der Waals surface area contributed by atoms with Gasteiger partial charge in [-0.05, 0) is 45.0 Å². The van der Waals surface area contributed by atoms with E-state index in [0.29, 0.717) is 0 Å². The van der Waals surface area contributed by atoms with Crippen LogP contribution in [0.3, 0.4) is 0 Å². The summed E-state index contributed by atoms with van der Waals surface area (Å²) in [5, 5.41) is 13.7. The van der Waals surface area contributed by atoms with Crippen LogP contribution >= 0.6 is 0 Å². The van der Waals surface area contributed by atoms with Gasteiger partial charge in [-0.15, -0.1) is 0 Å². The topological polar surface area (TPSA) is 128 Å². The summed E-state index contributed by atoms with van der Waals surface area (Å²) in [6, 6.07) is 7.90. The van der Waals surface area contributed by atoms with Gasteiger partial charge < -0.3 is 10.1 Å². The number of benzene rings is 2. The van der Waals surface area contributed by atoms with Crippen molar-refractivity contribution < 1.29 is 22.9 Å². The minimum absolute atomic E-state index is 0.0481. The van der Waals surface area contributed by atoms with E-state index >= 15 is 0 Å². The Hall–Kier alpha value is -2.98. The summed E-state index contributed by atoms with van der Waals surface area (Å²) in [4.78, 5) is 23.1.